The minimum atomic E-state index is -0.00861. The maximum absolute atomic E-state index is 5.55. The van der Waals surface area contributed by atoms with E-state index in [1.165, 1.54) is 5.56 Å². The van der Waals surface area contributed by atoms with Crippen LogP contribution in [0.3, 0.4) is 0 Å². The Morgan fingerprint density at radius 3 is 2.37 bits per heavy atom. The van der Waals surface area contributed by atoms with Crippen molar-refractivity contribution in [3.05, 3.63) is 53.0 Å². The highest BCUT2D eigenvalue weighted by Gasteiger charge is 2.48. The molecule has 1 aliphatic rings. The molecule has 0 radical (unpaired) electrons. The molecule has 0 atom stereocenters. The third-order valence-electron chi connectivity index (χ3n) is 4.03. The van der Waals surface area contributed by atoms with Crippen molar-refractivity contribution in [2.75, 3.05) is 5.43 Å². The summed E-state index contributed by atoms with van der Waals surface area (Å²) < 4.78 is 0. The van der Waals surface area contributed by atoms with Crippen molar-refractivity contribution < 1.29 is 0 Å². The Morgan fingerprint density at radius 1 is 1.11 bits per heavy atom. The lowest BCUT2D eigenvalue weighted by molar-refractivity contribution is 0.745. The average Bonchev–Trinajstić information content (AvgIpc) is 3.24. The van der Waals surface area contributed by atoms with E-state index in [9.17, 15) is 0 Å². The van der Waals surface area contributed by atoms with Crippen molar-refractivity contribution >= 4 is 5.82 Å². The number of benzene rings is 1. The Labute approximate surface area is 113 Å². The van der Waals surface area contributed by atoms with Crippen LogP contribution in [0.25, 0.3) is 0 Å². The highest BCUT2D eigenvalue weighted by Crippen LogP contribution is 2.52. The van der Waals surface area contributed by atoms with E-state index in [0.717, 1.165) is 35.7 Å². The molecule has 3 N–H and O–H groups in total. The van der Waals surface area contributed by atoms with Crippen molar-refractivity contribution in [1.82, 2.24) is 9.97 Å². The highest BCUT2D eigenvalue weighted by molar-refractivity contribution is 5.48. The van der Waals surface area contributed by atoms with E-state index < -0.39 is 0 Å². The van der Waals surface area contributed by atoms with Gasteiger partial charge in [0.05, 0.1) is 5.41 Å². The molecule has 0 amide bonds. The Hall–Kier alpha value is -1.94. The molecule has 98 valence electrons. The predicted octanol–water partition coefficient (Wildman–Crippen LogP) is 2.46. The van der Waals surface area contributed by atoms with Crippen molar-refractivity contribution in [3.8, 4) is 0 Å². The topological polar surface area (TPSA) is 63.8 Å². The SMILES string of the molecule is Cc1nc(C2(c3ccccc3)CC2)nc(NN)c1C. The summed E-state index contributed by atoms with van der Waals surface area (Å²) in [6, 6.07) is 10.5. The van der Waals surface area contributed by atoms with Crippen LogP contribution in [0.4, 0.5) is 5.82 Å². The maximum atomic E-state index is 5.55. The van der Waals surface area contributed by atoms with Gasteiger partial charge in [0.25, 0.3) is 0 Å². The van der Waals surface area contributed by atoms with Crippen LogP contribution in [0.2, 0.25) is 0 Å². The van der Waals surface area contributed by atoms with E-state index in [0.29, 0.717) is 0 Å². The van der Waals surface area contributed by atoms with Crippen molar-refractivity contribution in [2.45, 2.75) is 32.1 Å². The largest absolute Gasteiger partial charge is 0.308 e. The third kappa shape index (κ3) is 1.88. The molecule has 1 aromatic heterocycles. The summed E-state index contributed by atoms with van der Waals surface area (Å²) >= 11 is 0. The number of rotatable bonds is 3. The standard InChI is InChI=1S/C15H18N4/c1-10-11(2)17-14(18-13(10)19-16)15(8-9-15)12-6-4-3-5-7-12/h3-7H,8-9,16H2,1-2H3,(H,17,18,19). The molecule has 1 aliphatic carbocycles. The lowest BCUT2D eigenvalue weighted by Gasteiger charge is -2.17. The predicted molar refractivity (Wildman–Crippen MR) is 75.8 cm³/mol. The first kappa shape index (κ1) is 12.1. The maximum Gasteiger partial charge on any atom is 0.146 e. The second-order valence-electron chi connectivity index (χ2n) is 5.20. The Balaban J connectivity index is 2.10. The number of nitrogens with two attached hydrogens (primary N) is 1. The number of anilines is 1. The molecule has 1 heterocycles. The first-order valence-electron chi connectivity index (χ1n) is 6.55. The number of nitrogen functional groups attached to an aromatic ring is 1. The first-order chi connectivity index (χ1) is 9.17. The summed E-state index contributed by atoms with van der Waals surface area (Å²) in [4.78, 5) is 9.30. The first-order valence-corrected chi connectivity index (χ1v) is 6.55. The number of nitrogens with zero attached hydrogens (tertiary/aromatic N) is 2. The summed E-state index contributed by atoms with van der Waals surface area (Å²) in [5.74, 6) is 7.16. The Kier molecular flexibility index (Phi) is 2.75. The molecular formula is C15H18N4. The molecule has 0 saturated heterocycles. The molecule has 3 rings (SSSR count). The summed E-state index contributed by atoms with van der Waals surface area (Å²) in [6.07, 6.45) is 2.20. The molecule has 19 heavy (non-hydrogen) atoms. The number of hydrogen-bond donors (Lipinski definition) is 2. The lowest BCUT2D eigenvalue weighted by Crippen LogP contribution is -2.19. The van der Waals surface area contributed by atoms with Crippen LogP contribution >= 0.6 is 0 Å². The molecule has 0 bridgehead atoms. The second-order valence-corrected chi connectivity index (χ2v) is 5.20. The van der Waals surface area contributed by atoms with Crippen LogP contribution in [-0.2, 0) is 5.41 Å². The molecule has 1 aromatic carbocycles. The van der Waals surface area contributed by atoms with Gasteiger partial charge in [0.2, 0.25) is 0 Å². The van der Waals surface area contributed by atoms with E-state index in [-0.39, 0.29) is 5.41 Å². The summed E-state index contributed by atoms with van der Waals surface area (Å²) in [5, 5.41) is 0. The summed E-state index contributed by atoms with van der Waals surface area (Å²) in [7, 11) is 0. The van der Waals surface area contributed by atoms with E-state index in [1.54, 1.807) is 0 Å². The Bertz CT molecular complexity index is 603. The van der Waals surface area contributed by atoms with E-state index in [2.05, 4.69) is 39.7 Å². The molecule has 0 unspecified atom stereocenters. The van der Waals surface area contributed by atoms with Crippen LogP contribution in [0.1, 0.15) is 35.5 Å². The molecule has 2 aromatic rings. The van der Waals surface area contributed by atoms with Crippen LogP contribution in [-0.4, -0.2) is 9.97 Å². The number of nitrogens with one attached hydrogen (secondary N) is 1. The van der Waals surface area contributed by atoms with Gasteiger partial charge in [-0.1, -0.05) is 30.3 Å². The zero-order valence-electron chi connectivity index (χ0n) is 11.3. The monoisotopic (exact) mass is 254 g/mol. The van der Waals surface area contributed by atoms with E-state index in [1.807, 2.05) is 19.9 Å². The highest BCUT2D eigenvalue weighted by atomic mass is 15.3. The van der Waals surface area contributed by atoms with Crippen molar-refractivity contribution in [1.29, 1.82) is 0 Å². The number of aromatic nitrogens is 2. The Morgan fingerprint density at radius 2 is 1.79 bits per heavy atom. The van der Waals surface area contributed by atoms with Crippen LogP contribution in [0.5, 0.6) is 0 Å². The molecule has 1 saturated carbocycles. The zero-order chi connectivity index (χ0) is 13.5. The summed E-state index contributed by atoms with van der Waals surface area (Å²) in [5.41, 5.74) is 5.96. The van der Waals surface area contributed by atoms with Crippen LogP contribution in [0, 0.1) is 13.8 Å². The van der Waals surface area contributed by atoms with Gasteiger partial charge >= 0.3 is 0 Å². The molecule has 1 fully saturated rings. The van der Waals surface area contributed by atoms with Gasteiger partial charge in [-0.05, 0) is 32.3 Å². The normalized spacial score (nSPS) is 16.2. The second kappa shape index (κ2) is 4.31. The van der Waals surface area contributed by atoms with E-state index >= 15 is 0 Å². The zero-order valence-corrected chi connectivity index (χ0v) is 11.3. The summed E-state index contributed by atoms with van der Waals surface area (Å²) in [6.45, 7) is 3.98. The molecular weight excluding hydrogens is 236 g/mol. The van der Waals surface area contributed by atoms with Gasteiger partial charge in [0.1, 0.15) is 11.6 Å². The van der Waals surface area contributed by atoms with Crippen LogP contribution < -0.4 is 11.3 Å². The fourth-order valence-corrected chi connectivity index (χ4v) is 2.51. The molecule has 0 aliphatic heterocycles. The van der Waals surface area contributed by atoms with Gasteiger partial charge in [-0.15, -0.1) is 0 Å². The number of aryl methyl sites for hydroxylation is 1. The van der Waals surface area contributed by atoms with Crippen molar-refractivity contribution in [3.63, 3.8) is 0 Å². The van der Waals surface area contributed by atoms with Gasteiger partial charge < -0.3 is 5.43 Å². The fourth-order valence-electron chi connectivity index (χ4n) is 2.51. The average molecular weight is 254 g/mol. The van der Waals surface area contributed by atoms with Gasteiger partial charge in [-0.3, -0.25) is 0 Å². The molecule has 4 nitrogen and oxygen atoms in total. The van der Waals surface area contributed by atoms with Gasteiger partial charge in [-0.2, -0.15) is 0 Å². The van der Waals surface area contributed by atoms with E-state index in [4.69, 9.17) is 5.84 Å². The van der Waals surface area contributed by atoms with Gasteiger partial charge in [0, 0.05) is 11.3 Å². The van der Waals surface area contributed by atoms with Gasteiger partial charge in [-0.25, -0.2) is 15.8 Å². The number of hydrogen-bond acceptors (Lipinski definition) is 4. The third-order valence-corrected chi connectivity index (χ3v) is 4.03. The number of hydrazine groups is 1. The van der Waals surface area contributed by atoms with Crippen molar-refractivity contribution in [2.24, 2.45) is 5.84 Å². The van der Waals surface area contributed by atoms with Crippen LogP contribution in [0.15, 0.2) is 30.3 Å². The lowest BCUT2D eigenvalue weighted by atomic mass is 9.95. The quantitative estimate of drug-likeness (QED) is 0.652. The minimum Gasteiger partial charge on any atom is -0.308 e. The van der Waals surface area contributed by atoms with Gasteiger partial charge in [0.15, 0.2) is 0 Å². The smallest absolute Gasteiger partial charge is 0.146 e. The molecule has 4 heteroatoms. The fraction of sp³-hybridized carbons (Fsp3) is 0.333. The minimum absolute atomic E-state index is 0.00861. The molecule has 0 spiro atoms.